The lowest BCUT2D eigenvalue weighted by molar-refractivity contribution is -0.123. The highest BCUT2D eigenvalue weighted by molar-refractivity contribution is 7.92. The molecule has 0 fully saturated rings. The Labute approximate surface area is 253 Å². The highest BCUT2D eigenvalue weighted by Crippen LogP contribution is 2.21. The number of carbonyl (C=O) groups excluding carboxylic acids is 4. The van der Waals surface area contributed by atoms with Crippen LogP contribution < -0.4 is 20.1 Å². The molecular weight excluding hydrogens is 656 g/mol. The Morgan fingerprint density at radius 2 is 1.12 bits per heavy atom. The molecule has 42 heavy (non-hydrogen) atoms. The highest BCUT2D eigenvalue weighted by Gasteiger charge is 2.25. The van der Waals surface area contributed by atoms with Gasteiger partial charge in [0.2, 0.25) is 28.0 Å². The van der Waals surface area contributed by atoms with E-state index in [1.807, 2.05) is 9.44 Å². The Balaban J connectivity index is 0.000000307. The van der Waals surface area contributed by atoms with Crippen LogP contribution in [-0.4, -0.2) is 60.9 Å². The molecule has 21 heteroatoms. The molecule has 16 nitrogen and oxygen atoms in total. The van der Waals surface area contributed by atoms with Crippen LogP contribution in [0.2, 0.25) is 5.02 Å². The lowest BCUT2D eigenvalue weighted by atomic mass is 10.2. The molecule has 3 aromatic rings. The summed E-state index contributed by atoms with van der Waals surface area (Å²) in [7, 11) is -8.14. The fraction of sp³-hybridized carbons (Fsp3) is 0.333. The molecule has 0 aliphatic heterocycles. The Morgan fingerprint density at radius 1 is 0.714 bits per heavy atom. The van der Waals surface area contributed by atoms with E-state index in [-0.39, 0.29) is 20.5 Å². The standard InChI is InChI=1S/C13H13ClN4O4S2.C8H12N4O4S2/c1-7(2)10(19)18-24(21,22)13-17-16-12(23-13)15-11(20)8-3-5-9(14)6-4-8;1-4(2)6(14)12-18(15,16)8-11-10-7(17-8)9-5(3)13/h3-7H,1-2H3,(H,18,19)(H,15,16,20);4H,1-3H3,(H,12,14)(H,9,10,13). The van der Waals surface area contributed by atoms with Crippen LogP contribution in [0.5, 0.6) is 0 Å². The number of rotatable bonds is 9. The van der Waals surface area contributed by atoms with Crippen molar-refractivity contribution in [2.75, 3.05) is 10.6 Å². The number of sulfonamides is 2. The minimum Gasteiger partial charge on any atom is -0.301 e. The molecule has 1 aromatic carbocycles. The third-order valence-corrected chi connectivity index (χ3v) is 9.76. The summed E-state index contributed by atoms with van der Waals surface area (Å²) in [6.07, 6.45) is 0. The van der Waals surface area contributed by atoms with E-state index in [1.54, 1.807) is 39.8 Å². The van der Waals surface area contributed by atoms with Gasteiger partial charge in [0, 0.05) is 29.3 Å². The van der Waals surface area contributed by atoms with Gasteiger partial charge in [0.15, 0.2) is 0 Å². The molecule has 0 saturated heterocycles. The van der Waals surface area contributed by atoms with E-state index in [0.29, 0.717) is 33.3 Å². The number of aromatic nitrogens is 4. The summed E-state index contributed by atoms with van der Waals surface area (Å²) in [4.78, 5) is 45.6. The summed E-state index contributed by atoms with van der Waals surface area (Å²) in [6, 6.07) is 6.13. The number of carbonyl (C=O) groups is 4. The first kappa shape index (κ1) is 34.6. The Bertz CT molecular complexity index is 1670. The number of amides is 4. The number of halogens is 1. The van der Waals surface area contributed by atoms with Crippen molar-refractivity contribution in [3.63, 3.8) is 0 Å². The normalized spacial score (nSPS) is 11.3. The molecule has 4 N–H and O–H groups in total. The summed E-state index contributed by atoms with van der Waals surface area (Å²) in [5.74, 6) is -3.14. The van der Waals surface area contributed by atoms with E-state index >= 15 is 0 Å². The zero-order chi connectivity index (χ0) is 31.8. The summed E-state index contributed by atoms with van der Waals surface area (Å²) >= 11 is 7.04. The molecule has 0 radical (unpaired) electrons. The van der Waals surface area contributed by atoms with Crippen LogP contribution in [0.15, 0.2) is 32.9 Å². The maximum atomic E-state index is 12.0. The van der Waals surface area contributed by atoms with Gasteiger partial charge in [0.1, 0.15) is 0 Å². The van der Waals surface area contributed by atoms with Crippen molar-refractivity contribution in [3.8, 4) is 0 Å². The molecule has 2 aromatic heterocycles. The second kappa shape index (κ2) is 14.5. The van der Waals surface area contributed by atoms with Gasteiger partial charge in [-0.05, 0) is 24.3 Å². The largest absolute Gasteiger partial charge is 0.301 e. The van der Waals surface area contributed by atoms with Crippen LogP contribution in [0.4, 0.5) is 10.3 Å². The molecule has 2 heterocycles. The molecule has 0 saturated carbocycles. The van der Waals surface area contributed by atoms with Crippen molar-refractivity contribution in [3.05, 3.63) is 34.9 Å². The average molecular weight is 681 g/mol. The van der Waals surface area contributed by atoms with Crippen molar-refractivity contribution in [1.82, 2.24) is 29.8 Å². The van der Waals surface area contributed by atoms with Crippen LogP contribution in [0.25, 0.3) is 0 Å². The monoisotopic (exact) mass is 680 g/mol. The lowest BCUT2D eigenvalue weighted by Gasteiger charge is -2.05. The zero-order valence-electron chi connectivity index (χ0n) is 22.5. The van der Waals surface area contributed by atoms with Crippen LogP contribution >= 0.6 is 34.3 Å². The third-order valence-electron chi connectivity index (χ3n) is 4.40. The topological polar surface area (TPSA) is 236 Å². The summed E-state index contributed by atoms with van der Waals surface area (Å²) in [5.41, 5.74) is 0.326. The second-order valence-electron chi connectivity index (χ2n) is 8.64. The van der Waals surface area contributed by atoms with Gasteiger partial charge >= 0.3 is 0 Å². The molecule has 0 aliphatic carbocycles. The first-order valence-electron chi connectivity index (χ1n) is 11.6. The van der Waals surface area contributed by atoms with Crippen LogP contribution in [0.1, 0.15) is 45.0 Å². The molecule has 0 unspecified atom stereocenters. The van der Waals surface area contributed by atoms with Gasteiger partial charge in [0.25, 0.3) is 34.6 Å². The minimum atomic E-state index is -4.11. The molecule has 228 valence electrons. The molecule has 0 bridgehead atoms. The lowest BCUT2D eigenvalue weighted by Crippen LogP contribution is -2.33. The number of hydrogen-bond donors (Lipinski definition) is 4. The first-order valence-corrected chi connectivity index (χ1v) is 16.5. The summed E-state index contributed by atoms with van der Waals surface area (Å²) in [5, 5.41) is 19.2. The average Bonchev–Trinajstić information content (AvgIpc) is 3.54. The SMILES string of the molecule is CC(=O)Nc1nnc(S(=O)(=O)NC(=O)C(C)C)s1.CC(C)C(=O)NS(=O)(=O)c1nnc(NC(=O)c2ccc(Cl)cc2)s1. The van der Waals surface area contributed by atoms with Crippen molar-refractivity contribution < 1.29 is 36.0 Å². The van der Waals surface area contributed by atoms with E-state index in [4.69, 9.17) is 11.6 Å². The summed E-state index contributed by atoms with van der Waals surface area (Å²) < 4.78 is 50.4. The van der Waals surface area contributed by atoms with Gasteiger partial charge in [-0.25, -0.2) is 9.44 Å². The Kier molecular flexibility index (Phi) is 12.0. The predicted molar refractivity (Wildman–Crippen MR) is 154 cm³/mol. The first-order chi connectivity index (χ1) is 19.4. The van der Waals surface area contributed by atoms with Crippen molar-refractivity contribution in [2.45, 2.75) is 43.3 Å². The third kappa shape index (κ3) is 10.4. The van der Waals surface area contributed by atoms with Crippen LogP contribution in [0.3, 0.4) is 0 Å². The van der Waals surface area contributed by atoms with E-state index < -0.39 is 53.9 Å². The number of hydrogen-bond acceptors (Lipinski definition) is 14. The van der Waals surface area contributed by atoms with E-state index in [0.717, 1.165) is 0 Å². The molecule has 4 amide bonds. The number of benzene rings is 1. The Hall–Kier alpha value is -3.59. The van der Waals surface area contributed by atoms with Gasteiger partial charge in [-0.3, -0.25) is 24.5 Å². The van der Waals surface area contributed by atoms with E-state index in [9.17, 15) is 36.0 Å². The maximum Gasteiger partial charge on any atom is 0.293 e. The van der Waals surface area contributed by atoms with Gasteiger partial charge in [-0.1, -0.05) is 62.0 Å². The quantitative estimate of drug-likeness (QED) is 0.237. The van der Waals surface area contributed by atoms with Crippen LogP contribution in [0, 0.1) is 11.8 Å². The van der Waals surface area contributed by atoms with Crippen molar-refractivity contribution >= 4 is 88.2 Å². The molecule has 3 rings (SSSR count). The van der Waals surface area contributed by atoms with Gasteiger partial charge < -0.3 is 5.32 Å². The zero-order valence-corrected chi connectivity index (χ0v) is 26.6. The van der Waals surface area contributed by atoms with E-state index in [1.165, 1.54) is 19.1 Å². The van der Waals surface area contributed by atoms with Crippen LogP contribution in [-0.2, 0) is 34.4 Å². The molecule has 0 aliphatic rings. The smallest absolute Gasteiger partial charge is 0.293 e. The fourth-order valence-electron chi connectivity index (χ4n) is 2.25. The minimum absolute atomic E-state index is 0.00711. The van der Waals surface area contributed by atoms with E-state index in [2.05, 4.69) is 31.0 Å². The molecule has 0 atom stereocenters. The predicted octanol–water partition coefficient (Wildman–Crippen LogP) is 1.86. The Morgan fingerprint density at radius 3 is 1.50 bits per heavy atom. The molecular formula is C21H25ClN8O8S4. The fourth-order valence-corrected chi connectivity index (χ4v) is 6.44. The van der Waals surface area contributed by atoms with Gasteiger partial charge in [0.05, 0.1) is 0 Å². The number of nitrogens with one attached hydrogen (secondary N) is 4. The van der Waals surface area contributed by atoms with Gasteiger partial charge in [-0.15, -0.1) is 20.4 Å². The molecule has 0 spiro atoms. The van der Waals surface area contributed by atoms with Crippen molar-refractivity contribution in [1.29, 1.82) is 0 Å². The highest BCUT2D eigenvalue weighted by atomic mass is 35.5. The van der Waals surface area contributed by atoms with Crippen molar-refractivity contribution in [2.24, 2.45) is 11.8 Å². The second-order valence-corrected chi connectivity index (χ2v) is 14.7. The summed E-state index contributed by atoms with van der Waals surface area (Å²) in [6.45, 7) is 7.50. The maximum absolute atomic E-state index is 12.0. The number of anilines is 2. The van der Waals surface area contributed by atoms with Gasteiger partial charge in [-0.2, -0.15) is 16.8 Å². The number of nitrogens with zero attached hydrogens (tertiary/aromatic N) is 4.